The van der Waals surface area contributed by atoms with E-state index in [2.05, 4.69) is 28.4 Å². The summed E-state index contributed by atoms with van der Waals surface area (Å²) in [6.45, 7) is 4.93. The molecule has 3 N–H and O–H groups in total. The average Bonchev–Trinajstić information content (AvgIpc) is 3.33. The maximum atomic E-state index is 14.2. The summed E-state index contributed by atoms with van der Waals surface area (Å²) in [7, 11) is 0. The number of allylic oxidation sites excluding steroid dienone is 3. The van der Waals surface area contributed by atoms with Gasteiger partial charge in [0.1, 0.15) is 12.0 Å². The summed E-state index contributed by atoms with van der Waals surface area (Å²) >= 11 is 0. The molecule has 0 bridgehead atoms. The van der Waals surface area contributed by atoms with Gasteiger partial charge >= 0.3 is 0 Å². The van der Waals surface area contributed by atoms with Crippen molar-refractivity contribution < 1.29 is 28.3 Å². The zero-order valence-corrected chi connectivity index (χ0v) is 25.4. The topological polar surface area (TPSA) is 102 Å². The molecule has 0 spiro atoms. The van der Waals surface area contributed by atoms with Crippen molar-refractivity contribution in [2.45, 2.75) is 101 Å². The lowest BCUT2D eigenvalue weighted by atomic mass is 9.73. The number of hydrogen-bond acceptors (Lipinski definition) is 7. The van der Waals surface area contributed by atoms with Crippen molar-refractivity contribution in [2.75, 3.05) is 18.1 Å². The quantitative estimate of drug-likeness (QED) is 0.305. The van der Waals surface area contributed by atoms with Crippen molar-refractivity contribution in [3.05, 3.63) is 48.1 Å². The van der Waals surface area contributed by atoms with Crippen LogP contribution in [0.4, 0.5) is 14.5 Å². The van der Waals surface area contributed by atoms with Crippen LogP contribution in [-0.4, -0.2) is 71.2 Å². The largest absolute Gasteiger partial charge is 0.506 e. The Hall–Kier alpha value is -3.11. The summed E-state index contributed by atoms with van der Waals surface area (Å²) in [6.07, 6.45) is 10.5. The number of nitrogens with zero attached hydrogens (tertiary/aromatic N) is 2. The number of likely N-dealkylation sites (tertiary alicyclic amines) is 1. The first kappa shape index (κ1) is 30.9. The normalized spacial score (nSPS) is 33.6. The molecule has 44 heavy (non-hydrogen) atoms. The number of amides is 1. The van der Waals surface area contributed by atoms with Gasteiger partial charge < -0.3 is 25.1 Å². The van der Waals surface area contributed by atoms with Crippen molar-refractivity contribution in [1.29, 1.82) is 0 Å². The standard InChI is InChI=1S/C34H44F2N4O4/c1-3-24(42)15-20-7-10-26-32-28(11-8-20)39(33(44)25-18-37-31(34(2,35)36)17-23(25)19-41)14-13-29(32)40(38-26)27-12-9-22(16-30(27)43)21-5-4-6-21/h3,9,12,15-16,19,21,23,25-26,28-29,31-32,37-38,43H,1,4-8,10-11,13-14,17-18H2,2H3/b20-15+. The molecule has 5 aliphatic rings. The van der Waals surface area contributed by atoms with Gasteiger partial charge in [-0.25, -0.2) is 14.2 Å². The molecule has 10 heteroatoms. The summed E-state index contributed by atoms with van der Waals surface area (Å²) in [4.78, 5) is 40.4. The molecule has 2 saturated carbocycles. The molecule has 0 radical (unpaired) electrons. The van der Waals surface area contributed by atoms with Crippen LogP contribution >= 0.6 is 0 Å². The molecule has 2 aliphatic carbocycles. The molecular formula is C34H44F2N4O4. The molecule has 7 atom stereocenters. The number of alkyl halides is 2. The van der Waals surface area contributed by atoms with Crippen molar-refractivity contribution >= 4 is 23.7 Å². The summed E-state index contributed by atoms with van der Waals surface area (Å²) in [6, 6.07) is 4.69. The van der Waals surface area contributed by atoms with E-state index in [1.807, 2.05) is 17.0 Å². The molecule has 3 saturated heterocycles. The number of ketones is 1. The van der Waals surface area contributed by atoms with Gasteiger partial charge in [0.25, 0.3) is 5.92 Å². The number of aromatic hydroxyl groups is 1. The number of carbonyl (C=O) groups excluding carboxylic acids is 3. The van der Waals surface area contributed by atoms with E-state index in [1.54, 1.807) is 6.08 Å². The molecule has 0 aromatic heterocycles. The first-order valence-corrected chi connectivity index (χ1v) is 16.2. The molecule has 1 aromatic carbocycles. The first-order chi connectivity index (χ1) is 21.1. The summed E-state index contributed by atoms with van der Waals surface area (Å²) in [5, 5.41) is 16.1. The number of phenolic OH excluding ortho intramolecular Hbond substituents is 1. The van der Waals surface area contributed by atoms with Crippen LogP contribution < -0.4 is 15.8 Å². The van der Waals surface area contributed by atoms with Crippen LogP contribution in [0.5, 0.6) is 5.75 Å². The lowest BCUT2D eigenvalue weighted by molar-refractivity contribution is -0.147. The number of anilines is 1. The fourth-order valence-corrected chi connectivity index (χ4v) is 8.32. The number of aldehydes is 1. The van der Waals surface area contributed by atoms with E-state index in [-0.39, 0.29) is 54.4 Å². The van der Waals surface area contributed by atoms with Gasteiger partial charge in [0.2, 0.25) is 5.91 Å². The molecule has 1 aromatic rings. The third kappa shape index (κ3) is 5.83. The number of hydrogen-bond donors (Lipinski definition) is 3. The van der Waals surface area contributed by atoms with E-state index in [0.29, 0.717) is 38.0 Å². The average molecular weight is 611 g/mol. The molecule has 238 valence electrons. The molecule has 8 nitrogen and oxygen atoms in total. The number of benzene rings is 1. The van der Waals surface area contributed by atoms with Crippen LogP contribution in [0, 0.1) is 17.8 Å². The van der Waals surface area contributed by atoms with Gasteiger partial charge in [0, 0.05) is 43.9 Å². The number of rotatable bonds is 7. The first-order valence-electron chi connectivity index (χ1n) is 16.2. The Kier molecular flexibility index (Phi) is 8.67. The van der Waals surface area contributed by atoms with E-state index >= 15 is 0 Å². The van der Waals surface area contributed by atoms with Crippen molar-refractivity contribution in [3.63, 3.8) is 0 Å². The van der Waals surface area contributed by atoms with Gasteiger partial charge in [-0.2, -0.15) is 0 Å². The van der Waals surface area contributed by atoms with Gasteiger partial charge in [0.05, 0.1) is 23.7 Å². The maximum Gasteiger partial charge on any atom is 0.260 e. The highest BCUT2D eigenvalue weighted by molar-refractivity contribution is 5.99. The summed E-state index contributed by atoms with van der Waals surface area (Å²) < 4.78 is 28.2. The lowest BCUT2D eigenvalue weighted by Crippen LogP contribution is -2.61. The maximum absolute atomic E-state index is 14.2. The number of nitrogens with one attached hydrogen (secondary N) is 2. The Morgan fingerprint density at radius 3 is 2.55 bits per heavy atom. The predicted octanol–water partition coefficient (Wildman–Crippen LogP) is 4.64. The Labute approximate surface area is 257 Å². The zero-order valence-electron chi connectivity index (χ0n) is 25.4. The highest BCUT2D eigenvalue weighted by atomic mass is 19.3. The minimum Gasteiger partial charge on any atom is -0.506 e. The smallest absolute Gasteiger partial charge is 0.260 e. The Bertz CT molecular complexity index is 1320. The van der Waals surface area contributed by atoms with Gasteiger partial charge in [-0.1, -0.05) is 24.6 Å². The highest BCUT2D eigenvalue weighted by Crippen LogP contribution is 2.46. The predicted molar refractivity (Wildman–Crippen MR) is 163 cm³/mol. The number of phenols is 1. The van der Waals surface area contributed by atoms with E-state index < -0.39 is 23.8 Å². The second-order valence-corrected chi connectivity index (χ2v) is 13.6. The monoisotopic (exact) mass is 610 g/mol. The second-order valence-electron chi connectivity index (χ2n) is 13.6. The van der Waals surface area contributed by atoms with Crippen LogP contribution in [0.3, 0.4) is 0 Å². The summed E-state index contributed by atoms with van der Waals surface area (Å²) in [5.41, 5.74) is 6.58. The van der Waals surface area contributed by atoms with Crippen molar-refractivity contribution in [1.82, 2.24) is 15.6 Å². The fourth-order valence-electron chi connectivity index (χ4n) is 8.32. The third-order valence-corrected chi connectivity index (χ3v) is 11.0. The van der Waals surface area contributed by atoms with Gasteiger partial charge in [0.15, 0.2) is 5.78 Å². The SMILES string of the molecule is C=CC(=O)/C=C1\CCC2NN(c3ccc(C4CCC4)cc3O)C3CCN(C(=O)C4CNC(C(C)(F)F)CC4C=O)C(CC1)C23. The Morgan fingerprint density at radius 1 is 1.11 bits per heavy atom. The number of hydrazine groups is 1. The van der Waals surface area contributed by atoms with Crippen LogP contribution in [-0.2, 0) is 14.4 Å². The molecule has 3 heterocycles. The van der Waals surface area contributed by atoms with E-state index in [1.165, 1.54) is 12.5 Å². The third-order valence-electron chi connectivity index (χ3n) is 11.0. The second kappa shape index (κ2) is 12.4. The zero-order chi connectivity index (χ0) is 31.2. The molecule has 6 rings (SSSR count). The van der Waals surface area contributed by atoms with Crippen molar-refractivity contribution in [3.8, 4) is 5.75 Å². The summed E-state index contributed by atoms with van der Waals surface area (Å²) in [5.74, 6) is -4.01. The number of halogens is 2. The van der Waals surface area contributed by atoms with E-state index in [0.717, 1.165) is 49.4 Å². The van der Waals surface area contributed by atoms with Crippen molar-refractivity contribution in [2.24, 2.45) is 17.8 Å². The minimum absolute atomic E-state index is 0.0108. The minimum atomic E-state index is -2.99. The van der Waals surface area contributed by atoms with Crippen LogP contribution in [0.2, 0.25) is 0 Å². The molecule has 3 aliphatic heterocycles. The Morgan fingerprint density at radius 2 is 1.89 bits per heavy atom. The molecular weight excluding hydrogens is 566 g/mol. The van der Waals surface area contributed by atoms with Gasteiger partial charge in [-0.3, -0.25) is 9.59 Å². The molecule has 1 amide bonds. The number of piperidine rings is 2. The molecule has 5 fully saturated rings. The lowest BCUT2D eigenvalue weighted by Gasteiger charge is -2.48. The van der Waals surface area contributed by atoms with E-state index in [4.69, 9.17) is 0 Å². The van der Waals surface area contributed by atoms with Crippen LogP contribution in [0.25, 0.3) is 0 Å². The van der Waals surface area contributed by atoms with E-state index in [9.17, 15) is 28.3 Å². The van der Waals surface area contributed by atoms with Gasteiger partial charge in [-0.15, -0.1) is 0 Å². The molecule has 7 unspecified atom stereocenters. The Balaban J connectivity index is 1.29. The fraction of sp³-hybridized carbons (Fsp3) is 0.618. The highest BCUT2D eigenvalue weighted by Gasteiger charge is 2.53. The van der Waals surface area contributed by atoms with Crippen LogP contribution in [0.1, 0.15) is 76.2 Å². The van der Waals surface area contributed by atoms with Crippen LogP contribution in [0.15, 0.2) is 42.5 Å². The number of carbonyl (C=O) groups is 3. The van der Waals surface area contributed by atoms with Gasteiger partial charge in [-0.05, 0) is 87.1 Å².